The highest BCUT2D eigenvalue weighted by molar-refractivity contribution is 5.94. The number of amides is 1. The molecule has 6 nitrogen and oxygen atoms in total. The molecule has 3 aromatic rings. The van der Waals surface area contributed by atoms with Gasteiger partial charge in [-0.05, 0) is 11.6 Å². The fourth-order valence-corrected chi connectivity index (χ4v) is 2.85. The van der Waals surface area contributed by atoms with Gasteiger partial charge in [0.05, 0.1) is 17.2 Å². The van der Waals surface area contributed by atoms with Gasteiger partial charge in [-0.1, -0.05) is 30.3 Å². The summed E-state index contributed by atoms with van der Waals surface area (Å²) in [6.07, 6.45) is -0.165. The van der Waals surface area contributed by atoms with Gasteiger partial charge in [-0.2, -0.15) is 18.4 Å². The number of aryl methyl sites for hydroxylation is 1. The molecule has 2 aromatic heterocycles. The minimum absolute atomic E-state index is 0.129. The molecule has 0 saturated heterocycles. The summed E-state index contributed by atoms with van der Waals surface area (Å²) in [6, 6.07) is 11.0. The molecule has 0 aliphatic carbocycles. The topological polar surface area (TPSA) is 83.6 Å². The van der Waals surface area contributed by atoms with Crippen LogP contribution < -0.4 is 5.32 Å². The Morgan fingerprint density at radius 3 is 2.59 bits per heavy atom. The molecule has 0 aliphatic heterocycles. The van der Waals surface area contributed by atoms with Crippen molar-refractivity contribution in [3.63, 3.8) is 0 Å². The van der Waals surface area contributed by atoms with Crippen molar-refractivity contribution in [2.45, 2.75) is 18.6 Å². The van der Waals surface area contributed by atoms with Crippen molar-refractivity contribution in [3.05, 3.63) is 83.2 Å². The van der Waals surface area contributed by atoms with E-state index in [2.05, 4.69) is 15.3 Å². The van der Waals surface area contributed by atoms with Crippen LogP contribution in [0.2, 0.25) is 0 Å². The molecule has 2 heterocycles. The van der Waals surface area contributed by atoms with Crippen LogP contribution in [0.3, 0.4) is 0 Å². The Balaban J connectivity index is 1.89. The molecular weight excluding hydrogens is 383 g/mol. The van der Waals surface area contributed by atoms with E-state index in [4.69, 9.17) is 5.26 Å². The van der Waals surface area contributed by atoms with Crippen LogP contribution in [-0.4, -0.2) is 20.4 Å². The Kier molecular flexibility index (Phi) is 5.64. The molecule has 3 rings (SSSR count). The molecular formula is C20H16F3N5O. The van der Waals surface area contributed by atoms with Crippen LogP contribution in [0.1, 0.15) is 39.0 Å². The molecule has 0 bridgehead atoms. The molecule has 29 heavy (non-hydrogen) atoms. The predicted octanol–water partition coefficient (Wildman–Crippen LogP) is 3.42. The van der Waals surface area contributed by atoms with Gasteiger partial charge < -0.3 is 9.88 Å². The summed E-state index contributed by atoms with van der Waals surface area (Å²) in [6.45, 7) is 0. The SMILES string of the molecule is Cn1ccnc1CC(NC(=O)c1cnc(C(F)(F)F)c(C#N)c1)c1ccccc1. The quantitative estimate of drug-likeness (QED) is 0.713. The molecule has 1 N–H and O–H groups in total. The normalized spacial score (nSPS) is 12.2. The van der Waals surface area contributed by atoms with E-state index in [1.165, 1.54) is 6.07 Å². The van der Waals surface area contributed by atoms with Crippen molar-refractivity contribution in [2.75, 3.05) is 0 Å². The zero-order valence-electron chi connectivity index (χ0n) is 15.3. The molecule has 1 atom stereocenters. The van der Waals surface area contributed by atoms with E-state index in [9.17, 15) is 18.0 Å². The average molecular weight is 399 g/mol. The zero-order chi connectivity index (χ0) is 21.0. The minimum atomic E-state index is -4.77. The molecule has 9 heteroatoms. The van der Waals surface area contributed by atoms with Gasteiger partial charge in [0.1, 0.15) is 11.9 Å². The summed E-state index contributed by atoms with van der Waals surface area (Å²) in [7, 11) is 1.82. The first kappa shape index (κ1) is 20.1. The van der Waals surface area contributed by atoms with Crippen molar-refractivity contribution in [1.82, 2.24) is 19.9 Å². The number of benzene rings is 1. The summed E-state index contributed by atoms with van der Waals surface area (Å²) in [4.78, 5) is 20.2. The molecule has 1 amide bonds. The number of hydrogen-bond acceptors (Lipinski definition) is 4. The van der Waals surface area contributed by atoms with Crippen LogP contribution in [-0.2, 0) is 19.6 Å². The fraction of sp³-hybridized carbons (Fsp3) is 0.200. The lowest BCUT2D eigenvalue weighted by Gasteiger charge is -2.19. The average Bonchev–Trinajstić information content (AvgIpc) is 3.11. The number of halogens is 3. The van der Waals surface area contributed by atoms with Gasteiger partial charge >= 0.3 is 6.18 Å². The maximum atomic E-state index is 12.9. The highest BCUT2D eigenvalue weighted by Crippen LogP contribution is 2.30. The number of nitrogens with one attached hydrogen (secondary N) is 1. The molecule has 0 radical (unpaired) electrons. The molecule has 1 unspecified atom stereocenters. The van der Waals surface area contributed by atoms with Crippen molar-refractivity contribution in [3.8, 4) is 6.07 Å². The second-order valence-electron chi connectivity index (χ2n) is 6.32. The van der Waals surface area contributed by atoms with Gasteiger partial charge in [0.15, 0.2) is 5.69 Å². The number of rotatable bonds is 5. The Morgan fingerprint density at radius 2 is 2.00 bits per heavy atom. The number of hydrogen-bond donors (Lipinski definition) is 1. The first-order chi connectivity index (χ1) is 13.8. The molecule has 0 spiro atoms. The van der Waals surface area contributed by atoms with Crippen LogP contribution in [0.25, 0.3) is 0 Å². The smallest absolute Gasteiger partial charge is 0.345 e. The summed E-state index contributed by atoms with van der Waals surface area (Å²) in [5.41, 5.74) is -1.34. The Bertz CT molecular complexity index is 1050. The van der Waals surface area contributed by atoms with Gasteiger partial charge in [0.25, 0.3) is 5.91 Å². The van der Waals surface area contributed by atoms with Crippen LogP contribution >= 0.6 is 0 Å². The van der Waals surface area contributed by atoms with Gasteiger partial charge in [-0.15, -0.1) is 0 Å². The third kappa shape index (κ3) is 4.60. The summed E-state index contributed by atoms with van der Waals surface area (Å²) >= 11 is 0. The fourth-order valence-electron chi connectivity index (χ4n) is 2.85. The predicted molar refractivity (Wildman–Crippen MR) is 97.5 cm³/mol. The van der Waals surface area contributed by atoms with Crippen molar-refractivity contribution >= 4 is 5.91 Å². The van der Waals surface area contributed by atoms with E-state index >= 15 is 0 Å². The van der Waals surface area contributed by atoms with E-state index in [1.807, 2.05) is 41.9 Å². The monoisotopic (exact) mass is 399 g/mol. The lowest BCUT2D eigenvalue weighted by Crippen LogP contribution is -2.31. The number of pyridine rings is 1. The Morgan fingerprint density at radius 1 is 1.28 bits per heavy atom. The summed E-state index contributed by atoms with van der Waals surface area (Å²) < 4.78 is 40.6. The van der Waals surface area contributed by atoms with E-state index in [1.54, 1.807) is 12.4 Å². The van der Waals surface area contributed by atoms with Gasteiger partial charge in [0.2, 0.25) is 0 Å². The first-order valence-corrected chi connectivity index (χ1v) is 8.59. The van der Waals surface area contributed by atoms with E-state index in [-0.39, 0.29) is 5.56 Å². The third-order valence-electron chi connectivity index (χ3n) is 4.35. The van der Waals surface area contributed by atoms with Crippen LogP contribution in [0.15, 0.2) is 55.0 Å². The lowest BCUT2D eigenvalue weighted by molar-refractivity contribution is -0.141. The Hall–Kier alpha value is -3.67. The largest absolute Gasteiger partial charge is 0.434 e. The number of aromatic nitrogens is 3. The third-order valence-corrected chi connectivity index (χ3v) is 4.35. The van der Waals surface area contributed by atoms with Crippen LogP contribution in [0.4, 0.5) is 13.2 Å². The Labute approximate surface area is 164 Å². The summed E-state index contributed by atoms with van der Waals surface area (Å²) in [5.74, 6) is 0.0909. The molecule has 0 fully saturated rings. The number of nitrogens with zero attached hydrogens (tertiary/aromatic N) is 4. The van der Waals surface area contributed by atoms with Gasteiger partial charge in [-0.25, -0.2) is 9.97 Å². The highest BCUT2D eigenvalue weighted by atomic mass is 19.4. The second-order valence-corrected chi connectivity index (χ2v) is 6.32. The minimum Gasteiger partial charge on any atom is -0.345 e. The van der Waals surface area contributed by atoms with Crippen molar-refractivity contribution in [2.24, 2.45) is 7.05 Å². The maximum absolute atomic E-state index is 12.9. The summed E-state index contributed by atoms with van der Waals surface area (Å²) in [5, 5.41) is 11.8. The number of carbonyl (C=O) groups is 1. The van der Waals surface area contributed by atoms with Crippen molar-refractivity contribution < 1.29 is 18.0 Å². The number of nitriles is 1. The molecule has 0 saturated carbocycles. The molecule has 148 valence electrons. The van der Waals surface area contributed by atoms with Crippen LogP contribution in [0.5, 0.6) is 0 Å². The van der Waals surface area contributed by atoms with Gasteiger partial charge in [-0.3, -0.25) is 4.79 Å². The number of alkyl halides is 3. The van der Waals surface area contributed by atoms with E-state index in [0.717, 1.165) is 23.7 Å². The van der Waals surface area contributed by atoms with E-state index < -0.39 is 29.4 Å². The second kappa shape index (κ2) is 8.14. The van der Waals surface area contributed by atoms with Gasteiger partial charge in [0, 0.05) is 32.1 Å². The number of imidazole rings is 1. The zero-order valence-corrected chi connectivity index (χ0v) is 15.3. The first-order valence-electron chi connectivity index (χ1n) is 8.59. The van der Waals surface area contributed by atoms with Crippen molar-refractivity contribution in [1.29, 1.82) is 5.26 Å². The number of carbonyl (C=O) groups excluding carboxylic acids is 1. The molecule has 1 aromatic carbocycles. The molecule has 0 aliphatic rings. The maximum Gasteiger partial charge on any atom is 0.434 e. The van der Waals surface area contributed by atoms with Crippen LogP contribution in [0, 0.1) is 11.3 Å². The highest BCUT2D eigenvalue weighted by Gasteiger charge is 2.36. The van der Waals surface area contributed by atoms with E-state index in [0.29, 0.717) is 6.42 Å². The lowest BCUT2D eigenvalue weighted by atomic mass is 10.0. The standard InChI is InChI=1S/C20H16F3N5O/c1-28-8-7-25-17(28)10-16(13-5-3-2-4-6-13)27-19(29)15-9-14(11-24)18(26-12-15)20(21,22)23/h2-9,12,16H,10H2,1H3,(H,27,29).